The van der Waals surface area contributed by atoms with Crippen LogP contribution in [-0.4, -0.2) is 30.0 Å². The second-order valence-electron chi connectivity index (χ2n) is 7.37. The summed E-state index contributed by atoms with van der Waals surface area (Å²) in [5, 5.41) is 0.341. The Morgan fingerprint density at radius 3 is 2.43 bits per heavy atom. The van der Waals surface area contributed by atoms with Gasteiger partial charge in [0.2, 0.25) is 5.91 Å². The minimum absolute atomic E-state index is 0.135. The summed E-state index contributed by atoms with van der Waals surface area (Å²) in [5.41, 5.74) is 4.26. The fraction of sp³-hybridized carbons (Fsp3) is 0.0870. The van der Waals surface area contributed by atoms with Crippen LogP contribution in [0.25, 0.3) is 22.2 Å². The number of carbonyl (C=O) groups excluding carboxylic acids is 1. The largest absolute Gasteiger partial charge is 0.457 e. The number of aromatic nitrogens is 2. The van der Waals surface area contributed by atoms with Crippen LogP contribution in [0.5, 0.6) is 11.5 Å². The van der Waals surface area contributed by atoms with Crippen LogP contribution in [0.1, 0.15) is 5.56 Å². The van der Waals surface area contributed by atoms with Gasteiger partial charge in [-0.25, -0.2) is 18.4 Å². The first-order valence-corrected chi connectivity index (χ1v) is 11.9. The lowest BCUT2D eigenvalue weighted by atomic mass is 10.0. The Kier molecular flexibility index (Phi) is 6.39. The first kappa shape index (κ1) is 24.4. The maximum absolute atomic E-state index is 13.4. The van der Waals surface area contributed by atoms with Crippen molar-refractivity contribution in [3.63, 3.8) is 0 Å². The zero-order chi connectivity index (χ0) is 25.4. The number of hydrogen-bond acceptors (Lipinski definition) is 6. The van der Waals surface area contributed by atoms with Gasteiger partial charge in [0, 0.05) is 10.9 Å². The van der Waals surface area contributed by atoms with Gasteiger partial charge in [-0.15, -0.1) is 0 Å². The van der Waals surface area contributed by atoms with Gasteiger partial charge in [-0.2, -0.15) is 13.2 Å². The molecule has 0 bridgehead atoms. The van der Waals surface area contributed by atoms with Crippen molar-refractivity contribution in [1.82, 2.24) is 9.97 Å². The van der Waals surface area contributed by atoms with Gasteiger partial charge in [0.25, 0.3) is 0 Å². The molecule has 3 aromatic carbocycles. The fourth-order valence-corrected chi connectivity index (χ4v) is 4.75. The number of ether oxygens (including phenoxy) is 1. The highest BCUT2D eigenvalue weighted by molar-refractivity contribution is 7.92. The van der Waals surface area contributed by atoms with Crippen LogP contribution in [-0.2, 0) is 20.8 Å². The van der Waals surface area contributed by atoms with Crippen LogP contribution in [0.2, 0.25) is 5.02 Å². The monoisotopic (exact) mass is 521 g/mol. The third kappa shape index (κ3) is 5.20. The van der Waals surface area contributed by atoms with Crippen molar-refractivity contribution >= 4 is 38.2 Å². The van der Waals surface area contributed by atoms with Crippen LogP contribution in [0.4, 0.5) is 13.2 Å². The van der Waals surface area contributed by atoms with Crippen LogP contribution < -0.4 is 10.5 Å². The molecule has 1 heterocycles. The average Bonchev–Trinajstić information content (AvgIpc) is 2.78. The summed E-state index contributed by atoms with van der Waals surface area (Å²) in [6.07, 6.45) is -3.59. The van der Waals surface area contributed by atoms with Crippen molar-refractivity contribution in [3.8, 4) is 22.8 Å². The van der Waals surface area contributed by atoms with Crippen molar-refractivity contribution in [2.24, 2.45) is 5.73 Å². The molecule has 35 heavy (non-hydrogen) atoms. The SMILES string of the molecule is NC(=O)CS(=O)(=O)c1cccc(Oc2ccc(Cl)c(-c3ncnc4c(C(F)(F)F)cccc34)c2)c1. The van der Waals surface area contributed by atoms with E-state index in [0.29, 0.717) is 0 Å². The van der Waals surface area contributed by atoms with Gasteiger partial charge in [-0.05, 0) is 42.5 Å². The van der Waals surface area contributed by atoms with E-state index in [9.17, 15) is 26.4 Å². The lowest BCUT2D eigenvalue weighted by molar-refractivity contribution is -0.136. The molecule has 0 spiro atoms. The lowest BCUT2D eigenvalue weighted by Crippen LogP contribution is -2.23. The molecule has 7 nitrogen and oxygen atoms in total. The van der Waals surface area contributed by atoms with Gasteiger partial charge < -0.3 is 10.5 Å². The number of sulfone groups is 1. The van der Waals surface area contributed by atoms with Crippen molar-refractivity contribution in [3.05, 3.63) is 77.6 Å². The summed E-state index contributed by atoms with van der Waals surface area (Å²) in [4.78, 5) is 18.9. The lowest BCUT2D eigenvalue weighted by Gasteiger charge is -2.13. The zero-order valence-corrected chi connectivity index (χ0v) is 19.2. The molecule has 0 saturated carbocycles. The Hall–Kier alpha value is -3.70. The summed E-state index contributed by atoms with van der Waals surface area (Å²) in [6, 6.07) is 13.5. The number of hydrogen-bond donors (Lipinski definition) is 1. The molecule has 0 saturated heterocycles. The summed E-state index contributed by atoms with van der Waals surface area (Å²) in [6.45, 7) is 0. The Labute approximate surface area is 202 Å². The number of nitrogens with two attached hydrogens (primary N) is 1. The average molecular weight is 522 g/mol. The molecule has 1 aromatic heterocycles. The highest BCUT2D eigenvalue weighted by Gasteiger charge is 2.33. The van der Waals surface area contributed by atoms with Crippen LogP contribution >= 0.6 is 11.6 Å². The Morgan fingerprint density at radius 2 is 1.71 bits per heavy atom. The Balaban J connectivity index is 1.75. The van der Waals surface area contributed by atoms with Gasteiger partial charge in [0.1, 0.15) is 23.6 Å². The van der Waals surface area contributed by atoms with Gasteiger partial charge in [-0.1, -0.05) is 29.8 Å². The smallest absolute Gasteiger partial charge is 0.418 e. The fourth-order valence-electron chi connectivity index (χ4n) is 3.42. The van der Waals surface area contributed by atoms with E-state index in [1.807, 2.05) is 0 Å². The van der Waals surface area contributed by atoms with Crippen molar-refractivity contribution in [2.45, 2.75) is 11.1 Å². The van der Waals surface area contributed by atoms with Gasteiger partial charge >= 0.3 is 6.18 Å². The number of carbonyl (C=O) groups is 1. The standard InChI is InChI=1S/C23H15ClF3N3O4S/c24-19-8-7-14(34-13-3-1-4-15(9-13)35(32,33)11-20(28)31)10-17(19)21-16-5-2-6-18(23(25,26)27)22(16)30-12-29-21/h1-10,12H,11H2,(H2,28,31). The number of nitrogens with zero attached hydrogens (tertiary/aromatic N) is 2. The molecule has 0 unspecified atom stereocenters. The third-order valence-electron chi connectivity index (χ3n) is 4.90. The first-order valence-electron chi connectivity index (χ1n) is 9.85. The third-order valence-corrected chi connectivity index (χ3v) is 6.86. The van der Waals surface area contributed by atoms with Gasteiger partial charge in [0.15, 0.2) is 9.84 Å². The topological polar surface area (TPSA) is 112 Å². The molecule has 4 rings (SSSR count). The predicted molar refractivity (Wildman–Crippen MR) is 123 cm³/mol. The van der Waals surface area contributed by atoms with Crippen LogP contribution in [0.3, 0.4) is 0 Å². The minimum Gasteiger partial charge on any atom is -0.457 e. The maximum atomic E-state index is 13.4. The molecular formula is C23H15ClF3N3O4S. The van der Waals surface area contributed by atoms with E-state index in [4.69, 9.17) is 22.1 Å². The number of para-hydroxylation sites is 1. The van der Waals surface area contributed by atoms with E-state index in [0.717, 1.165) is 12.4 Å². The molecule has 0 atom stereocenters. The van der Waals surface area contributed by atoms with Crippen LogP contribution in [0, 0.1) is 0 Å². The van der Waals surface area contributed by atoms with Crippen molar-refractivity contribution in [2.75, 3.05) is 5.75 Å². The summed E-state index contributed by atoms with van der Waals surface area (Å²) in [7, 11) is -3.96. The number of primary amides is 1. The normalized spacial score (nSPS) is 12.0. The molecular weight excluding hydrogens is 507 g/mol. The van der Waals surface area contributed by atoms with E-state index in [2.05, 4.69) is 9.97 Å². The van der Waals surface area contributed by atoms with E-state index >= 15 is 0 Å². The number of alkyl halides is 3. The molecule has 0 aliphatic heterocycles. The molecule has 12 heteroatoms. The molecule has 1 amide bonds. The molecule has 0 fully saturated rings. The molecule has 0 aliphatic carbocycles. The predicted octanol–water partition coefficient (Wildman–Crippen LogP) is 5.02. The van der Waals surface area contributed by atoms with Crippen molar-refractivity contribution < 1.29 is 31.1 Å². The van der Waals surface area contributed by atoms with E-state index in [1.165, 1.54) is 54.6 Å². The molecule has 180 valence electrons. The van der Waals surface area contributed by atoms with E-state index in [-0.39, 0.29) is 43.6 Å². The minimum atomic E-state index is -4.61. The number of halogens is 4. The number of rotatable bonds is 6. The van der Waals surface area contributed by atoms with E-state index in [1.54, 1.807) is 0 Å². The van der Waals surface area contributed by atoms with E-state index < -0.39 is 33.2 Å². The molecule has 0 aliphatic rings. The Bertz CT molecular complexity index is 1560. The van der Waals surface area contributed by atoms with Crippen molar-refractivity contribution in [1.29, 1.82) is 0 Å². The first-order chi connectivity index (χ1) is 16.5. The summed E-state index contributed by atoms with van der Waals surface area (Å²) >= 11 is 6.34. The Morgan fingerprint density at radius 1 is 1.00 bits per heavy atom. The van der Waals surface area contributed by atoms with Crippen LogP contribution in [0.15, 0.2) is 71.9 Å². The summed E-state index contributed by atoms with van der Waals surface area (Å²) < 4.78 is 70.7. The molecule has 4 aromatic rings. The maximum Gasteiger partial charge on any atom is 0.418 e. The highest BCUT2D eigenvalue weighted by atomic mass is 35.5. The highest BCUT2D eigenvalue weighted by Crippen LogP contribution is 2.39. The zero-order valence-electron chi connectivity index (χ0n) is 17.6. The number of benzene rings is 3. The summed E-state index contributed by atoms with van der Waals surface area (Å²) in [5.74, 6) is -1.50. The quantitative estimate of drug-likeness (QED) is 0.381. The second-order valence-corrected chi connectivity index (χ2v) is 9.76. The second kappa shape index (κ2) is 9.16. The molecule has 2 N–H and O–H groups in total. The molecule has 0 radical (unpaired) electrons. The van der Waals surface area contributed by atoms with Gasteiger partial charge in [0.05, 0.1) is 26.7 Å². The number of amides is 1. The number of fused-ring (bicyclic) bond motifs is 1. The van der Waals surface area contributed by atoms with Gasteiger partial charge in [-0.3, -0.25) is 4.79 Å².